The number of nitrogens with two attached hydrogens (primary N) is 2. The summed E-state index contributed by atoms with van der Waals surface area (Å²) in [5.74, 6) is -1.04. The van der Waals surface area contributed by atoms with E-state index in [9.17, 15) is 24.0 Å². The molecule has 2 bridgehead atoms. The highest BCUT2D eigenvalue weighted by atomic mass is 16.5. The predicted octanol–water partition coefficient (Wildman–Crippen LogP) is 2.12. The van der Waals surface area contributed by atoms with Gasteiger partial charge in [0.05, 0.1) is 25.2 Å². The Hall–Kier alpha value is -2.81. The fourth-order valence-electron chi connectivity index (χ4n) is 9.27. The summed E-state index contributed by atoms with van der Waals surface area (Å²) in [5.41, 5.74) is 11.7. The lowest BCUT2D eigenvalue weighted by molar-refractivity contribution is -0.147. The maximum Gasteiger partial charge on any atom is 0.245 e. The van der Waals surface area contributed by atoms with Crippen LogP contribution in [0.25, 0.3) is 0 Å². The Labute approximate surface area is 323 Å². The highest BCUT2D eigenvalue weighted by molar-refractivity contribution is 5.96. The topological polar surface area (TPSA) is 207 Å². The number of carbonyl (C=O) groups excluding carboxylic acids is 5. The second-order valence-corrected chi connectivity index (χ2v) is 16.8. The predicted molar refractivity (Wildman–Crippen MR) is 207 cm³/mol. The molecule has 0 radical (unpaired) electrons. The smallest absolute Gasteiger partial charge is 0.245 e. The van der Waals surface area contributed by atoms with E-state index in [0.717, 1.165) is 69.6 Å². The van der Waals surface area contributed by atoms with Gasteiger partial charge in [-0.15, -0.1) is 0 Å². The molecule has 0 aromatic carbocycles. The van der Waals surface area contributed by atoms with Gasteiger partial charge in [0, 0.05) is 26.2 Å². The van der Waals surface area contributed by atoms with E-state index in [2.05, 4.69) is 21.3 Å². The Morgan fingerprint density at radius 1 is 0.796 bits per heavy atom. The number of fused-ring (bicyclic) bond motifs is 2. The zero-order valence-corrected chi connectivity index (χ0v) is 33.5. The molecule has 1 aliphatic heterocycles. The van der Waals surface area contributed by atoms with Gasteiger partial charge in [-0.2, -0.15) is 0 Å². The number of rotatable bonds is 11. The number of carbonyl (C=O) groups is 5. The van der Waals surface area contributed by atoms with Crippen molar-refractivity contribution in [1.82, 2.24) is 26.2 Å². The molecule has 4 fully saturated rings. The molecule has 0 aromatic rings. The molecule has 3 aliphatic carbocycles. The van der Waals surface area contributed by atoms with E-state index < -0.39 is 65.9 Å². The van der Waals surface area contributed by atoms with Gasteiger partial charge < -0.3 is 47.1 Å². The van der Waals surface area contributed by atoms with Crippen molar-refractivity contribution in [2.24, 2.45) is 41.1 Å². The van der Waals surface area contributed by atoms with E-state index in [-0.39, 0.29) is 31.6 Å². The summed E-state index contributed by atoms with van der Waals surface area (Å²) >= 11 is 0. The van der Waals surface area contributed by atoms with Gasteiger partial charge >= 0.3 is 0 Å². The van der Waals surface area contributed by atoms with E-state index in [1.807, 2.05) is 20.8 Å². The summed E-state index contributed by atoms with van der Waals surface area (Å²) < 4.78 is 12.3. The van der Waals surface area contributed by atoms with Gasteiger partial charge in [0.25, 0.3) is 0 Å². The van der Waals surface area contributed by atoms with Crippen LogP contribution in [0.5, 0.6) is 0 Å². The van der Waals surface area contributed by atoms with Crippen molar-refractivity contribution in [3.05, 3.63) is 0 Å². The number of hydrogen-bond donors (Lipinski definition) is 6. The minimum atomic E-state index is -1.17. The molecule has 1 heterocycles. The van der Waals surface area contributed by atoms with Crippen molar-refractivity contribution in [3.63, 3.8) is 0 Å². The molecule has 54 heavy (non-hydrogen) atoms. The van der Waals surface area contributed by atoms with Gasteiger partial charge in [-0.3, -0.25) is 24.0 Å². The van der Waals surface area contributed by atoms with Crippen LogP contribution in [0.2, 0.25) is 0 Å². The Morgan fingerprint density at radius 2 is 1.44 bits per heavy atom. The number of likely N-dealkylation sites (N-methyl/N-ethyl adjacent to an activating group) is 1. The fourth-order valence-corrected chi connectivity index (χ4v) is 9.27. The number of hydrogen-bond acceptors (Lipinski definition) is 9. The van der Waals surface area contributed by atoms with Crippen LogP contribution >= 0.6 is 0 Å². The Balaban J connectivity index is 1.66. The molecule has 0 spiro atoms. The number of ether oxygens (including phenoxy) is 2. The lowest BCUT2D eigenvalue weighted by Crippen LogP contribution is -2.62. The zero-order valence-electron chi connectivity index (χ0n) is 33.5. The summed E-state index contributed by atoms with van der Waals surface area (Å²) in [5, 5.41) is 11.6. The quantitative estimate of drug-likeness (QED) is 0.135. The summed E-state index contributed by atoms with van der Waals surface area (Å²) in [6.45, 7) is 6.20. The SMILES string of the molecule is CCC[C@H]1C(=O)N[C@@H](C2CCCCCC2)C(=O)N[C@@H](CN)C(=O)N[C@@H](COCCCN)C(=O)N[C@@H](C)CO[C@H](CC2C[C@H]3CC[C@@H](C2)C3)[C@@H](C)C(=O)N1C. The molecule has 14 nitrogen and oxygen atoms in total. The van der Waals surface area contributed by atoms with E-state index in [0.29, 0.717) is 38.3 Å². The minimum Gasteiger partial charge on any atom is -0.379 e. The zero-order chi connectivity index (χ0) is 39.2. The Kier molecular flexibility index (Phi) is 17.9. The second-order valence-electron chi connectivity index (χ2n) is 16.8. The summed E-state index contributed by atoms with van der Waals surface area (Å²) in [6.07, 6.45) is 13.4. The van der Waals surface area contributed by atoms with Crippen molar-refractivity contribution in [1.29, 1.82) is 0 Å². The van der Waals surface area contributed by atoms with Gasteiger partial charge in [0.15, 0.2) is 0 Å². The van der Waals surface area contributed by atoms with Crippen LogP contribution in [-0.2, 0) is 33.4 Å². The third-order valence-corrected chi connectivity index (χ3v) is 12.4. The van der Waals surface area contributed by atoms with Crippen molar-refractivity contribution >= 4 is 29.5 Å². The average Bonchev–Trinajstić information content (AvgIpc) is 3.31. The normalized spacial score (nSPS) is 34.5. The first-order valence-corrected chi connectivity index (χ1v) is 21.0. The third kappa shape index (κ3) is 12.6. The number of nitrogens with zero attached hydrogens (tertiary/aromatic N) is 1. The van der Waals surface area contributed by atoms with E-state index in [1.54, 1.807) is 7.05 Å². The van der Waals surface area contributed by atoms with E-state index >= 15 is 0 Å². The summed E-state index contributed by atoms with van der Waals surface area (Å²) in [4.78, 5) is 71.7. The minimum absolute atomic E-state index is 0.111. The van der Waals surface area contributed by atoms with Gasteiger partial charge in [-0.1, -0.05) is 58.8 Å². The van der Waals surface area contributed by atoms with Gasteiger partial charge in [-0.25, -0.2) is 0 Å². The maximum atomic E-state index is 14.4. The van der Waals surface area contributed by atoms with Crippen LogP contribution in [-0.4, -0.2) is 111 Å². The Bertz CT molecular complexity index is 1220. The first kappa shape index (κ1) is 43.9. The lowest BCUT2D eigenvalue weighted by atomic mass is 9.77. The second kappa shape index (κ2) is 22.1. The first-order valence-electron chi connectivity index (χ1n) is 21.0. The molecule has 5 amide bonds. The monoisotopic (exact) mass is 762 g/mol. The maximum absolute atomic E-state index is 14.4. The molecule has 4 aliphatic rings. The molecule has 3 saturated carbocycles. The van der Waals surface area contributed by atoms with Crippen LogP contribution in [0.15, 0.2) is 0 Å². The van der Waals surface area contributed by atoms with Gasteiger partial charge in [0.2, 0.25) is 29.5 Å². The number of amides is 5. The molecule has 8 N–H and O–H groups in total. The van der Waals surface area contributed by atoms with Gasteiger partial charge in [0.1, 0.15) is 24.2 Å². The lowest BCUT2D eigenvalue weighted by Gasteiger charge is -2.36. The van der Waals surface area contributed by atoms with Crippen molar-refractivity contribution in [2.45, 2.75) is 153 Å². The van der Waals surface area contributed by atoms with E-state index in [1.165, 1.54) is 24.2 Å². The fraction of sp³-hybridized carbons (Fsp3) is 0.875. The van der Waals surface area contributed by atoms with Crippen LogP contribution in [0, 0.1) is 29.6 Å². The van der Waals surface area contributed by atoms with Crippen molar-refractivity contribution in [2.75, 3.05) is 40.0 Å². The van der Waals surface area contributed by atoms with Crippen LogP contribution in [0.4, 0.5) is 0 Å². The molecule has 10 atom stereocenters. The molecule has 308 valence electrons. The molecule has 1 saturated heterocycles. The summed E-state index contributed by atoms with van der Waals surface area (Å²) in [6, 6.07) is -4.45. The van der Waals surface area contributed by atoms with E-state index in [4.69, 9.17) is 20.9 Å². The first-order chi connectivity index (χ1) is 25.9. The van der Waals surface area contributed by atoms with Crippen LogP contribution in [0.1, 0.15) is 117 Å². The molecule has 14 heteroatoms. The van der Waals surface area contributed by atoms with Crippen molar-refractivity contribution in [3.8, 4) is 0 Å². The molecular formula is C40H71N7O7. The largest absolute Gasteiger partial charge is 0.379 e. The van der Waals surface area contributed by atoms with Gasteiger partial charge in [-0.05, 0) is 88.5 Å². The molecular weight excluding hydrogens is 690 g/mol. The molecule has 4 rings (SSSR count). The summed E-state index contributed by atoms with van der Waals surface area (Å²) in [7, 11) is 1.67. The standard InChI is InChI=1S/C40H71N7O7/c1-5-11-33-38(50)46-35(30-12-8-6-7-9-13-30)39(51)44-31(22-42)36(48)45-32(24-53-17-10-16-41)37(49)43-25(2)23-54-34(26(3)40(52)47(33)4)21-29-19-27-14-15-28(18-27)20-29/h25-35H,5-24,41-42H2,1-4H3,(H,43,49)(H,44,51)(H,45,48)(H,46,50)/t25-,26+,27-,28+,29?,31-,32-,33-,34+,35-/m0/s1. The number of nitrogens with one attached hydrogen (secondary N) is 4. The highest BCUT2D eigenvalue weighted by Gasteiger charge is 2.40. The Morgan fingerprint density at radius 3 is 2.07 bits per heavy atom. The molecule has 0 aromatic heterocycles. The van der Waals surface area contributed by atoms with Crippen LogP contribution in [0.3, 0.4) is 0 Å². The third-order valence-electron chi connectivity index (χ3n) is 12.4. The van der Waals surface area contributed by atoms with Crippen molar-refractivity contribution < 1.29 is 33.4 Å². The highest BCUT2D eigenvalue weighted by Crippen LogP contribution is 2.46. The average molecular weight is 762 g/mol. The van der Waals surface area contributed by atoms with Crippen LogP contribution < -0.4 is 32.7 Å². The molecule has 1 unspecified atom stereocenters.